The van der Waals surface area contributed by atoms with E-state index in [1.807, 2.05) is 19.9 Å². The van der Waals surface area contributed by atoms with Gasteiger partial charge in [-0.25, -0.2) is 12.8 Å². The van der Waals surface area contributed by atoms with Gasteiger partial charge in [-0.15, -0.1) is 4.83 Å². The van der Waals surface area contributed by atoms with Crippen molar-refractivity contribution in [2.24, 2.45) is 0 Å². The van der Waals surface area contributed by atoms with Crippen LogP contribution < -0.4 is 10.3 Å². The molecule has 0 bridgehead atoms. The van der Waals surface area contributed by atoms with E-state index in [1.54, 1.807) is 13.8 Å². The molecule has 0 saturated heterocycles. The Morgan fingerprint density at radius 1 is 1.00 bits per heavy atom. The Labute approximate surface area is 147 Å². The van der Waals surface area contributed by atoms with Crippen LogP contribution in [0.15, 0.2) is 35.2 Å². The molecule has 2 rings (SSSR count). The summed E-state index contributed by atoms with van der Waals surface area (Å²) in [6, 6.07) is 7.37. The van der Waals surface area contributed by atoms with Gasteiger partial charge in [-0.2, -0.15) is 0 Å². The van der Waals surface area contributed by atoms with Gasteiger partial charge in [0.05, 0.1) is 11.3 Å². The monoisotopic (exact) mass is 364 g/mol. The van der Waals surface area contributed by atoms with Gasteiger partial charge in [0.2, 0.25) is 5.91 Å². The molecule has 1 amide bonds. The minimum atomic E-state index is -3.90. The zero-order valence-electron chi connectivity index (χ0n) is 14.6. The SMILES string of the molecule is Cc1cc(C)c(C)c(S(=O)(=O)NNC(=O)Cc2ccc(F)cc2)c1C. The van der Waals surface area contributed by atoms with E-state index in [0.717, 1.165) is 11.1 Å². The summed E-state index contributed by atoms with van der Waals surface area (Å²) in [6.07, 6.45) is -0.0619. The number of hydrogen-bond acceptors (Lipinski definition) is 3. The lowest BCUT2D eigenvalue weighted by Gasteiger charge is -2.16. The van der Waals surface area contributed by atoms with Crippen LogP contribution in [0.5, 0.6) is 0 Å². The van der Waals surface area contributed by atoms with E-state index in [1.165, 1.54) is 24.3 Å². The van der Waals surface area contributed by atoms with Crippen molar-refractivity contribution in [2.45, 2.75) is 39.0 Å². The van der Waals surface area contributed by atoms with Gasteiger partial charge in [0.15, 0.2) is 0 Å². The molecule has 0 aliphatic heterocycles. The maximum atomic E-state index is 12.9. The minimum Gasteiger partial charge on any atom is -0.277 e. The van der Waals surface area contributed by atoms with Crippen LogP contribution in [0.2, 0.25) is 0 Å². The Kier molecular flexibility index (Phi) is 5.59. The molecule has 2 aromatic carbocycles. The van der Waals surface area contributed by atoms with Gasteiger partial charge in [0, 0.05) is 0 Å². The molecule has 134 valence electrons. The number of sulfonamides is 1. The molecule has 0 unspecified atom stereocenters. The summed E-state index contributed by atoms with van der Waals surface area (Å²) in [5.41, 5.74) is 5.80. The van der Waals surface area contributed by atoms with E-state index in [4.69, 9.17) is 0 Å². The summed E-state index contributed by atoms with van der Waals surface area (Å²) in [4.78, 5) is 14.3. The van der Waals surface area contributed by atoms with E-state index in [2.05, 4.69) is 10.3 Å². The summed E-state index contributed by atoms with van der Waals surface area (Å²) in [5, 5.41) is 0. The third-order valence-electron chi connectivity index (χ3n) is 4.17. The molecule has 0 saturated carbocycles. The number of nitrogens with one attached hydrogen (secondary N) is 2. The lowest BCUT2D eigenvalue weighted by Crippen LogP contribution is -2.42. The van der Waals surface area contributed by atoms with Crippen molar-refractivity contribution in [3.63, 3.8) is 0 Å². The standard InChI is InChI=1S/C18H21FN2O3S/c1-11-9-12(2)14(4)18(13(11)3)25(23,24)21-20-17(22)10-15-5-7-16(19)8-6-15/h5-9,21H,10H2,1-4H3,(H,20,22). The summed E-state index contributed by atoms with van der Waals surface area (Å²) in [6.45, 7) is 7.15. The van der Waals surface area contributed by atoms with Crippen LogP contribution in [0.25, 0.3) is 0 Å². The number of rotatable bonds is 5. The van der Waals surface area contributed by atoms with Crippen LogP contribution in [-0.4, -0.2) is 14.3 Å². The largest absolute Gasteiger partial charge is 0.277 e. The first-order valence-electron chi connectivity index (χ1n) is 7.74. The maximum Gasteiger partial charge on any atom is 0.257 e. The van der Waals surface area contributed by atoms with Crippen molar-refractivity contribution in [1.82, 2.24) is 10.3 Å². The predicted octanol–water partition coefficient (Wildman–Crippen LogP) is 2.61. The molecule has 0 aromatic heterocycles. The van der Waals surface area contributed by atoms with Gasteiger partial charge in [0.25, 0.3) is 10.0 Å². The molecule has 5 nitrogen and oxygen atoms in total. The second kappa shape index (κ2) is 7.33. The van der Waals surface area contributed by atoms with Crippen LogP contribution in [-0.2, 0) is 21.2 Å². The van der Waals surface area contributed by atoms with E-state index in [9.17, 15) is 17.6 Å². The summed E-state index contributed by atoms with van der Waals surface area (Å²) in [5.74, 6) is -0.930. The molecule has 2 N–H and O–H groups in total. The highest BCUT2D eigenvalue weighted by Crippen LogP contribution is 2.25. The van der Waals surface area contributed by atoms with E-state index >= 15 is 0 Å². The van der Waals surface area contributed by atoms with Crippen LogP contribution >= 0.6 is 0 Å². The van der Waals surface area contributed by atoms with Crippen molar-refractivity contribution in [2.75, 3.05) is 0 Å². The number of aryl methyl sites for hydroxylation is 2. The minimum absolute atomic E-state index is 0.0619. The molecule has 0 atom stereocenters. The first kappa shape index (κ1) is 19.1. The van der Waals surface area contributed by atoms with Gasteiger partial charge in [-0.05, 0) is 67.6 Å². The third kappa shape index (κ3) is 4.43. The lowest BCUT2D eigenvalue weighted by molar-refractivity contribution is -0.120. The molecule has 25 heavy (non-hydrogen) atoms. The molecule has 7 heteroatoms. The van der Waals surface area contributed by atoms with Gasteiger partial charge < -0.3 is 0 Å². The van der Waals surface area contributed by atoms with Crippen LogP contribution in [0.4, 0.5) is 4.39 Å². The first-order chi connectivity index (χ1) is 11.6. The lowest BCUT2D eigenvalue weighted by atomic mass is 10.0. The Balaban J connectivity index is 2.14. The number of amides is 1. The highest BCUT2D eigenvalue weighted by molar-refractivity contribution is 7.89. The van der Waals surface area contributed by atoms with Crippen molar-refractivity contribution >= 4 is 15.9 Å². The van der Waals surface area contributed by atoms with Gasteiger partial charge in [-0.3, -0.25) is 10.2 Å². The molecular formula is C18H21FN2O3S. The zero-order chi connectivity index (χ0) is 18.8. The van der Waals surface area contributed by atoms with E-state index in [-0.39, 0.29) is 11.3 Å². The van der Waals surface area contributed by atoms with Crippen molar-refractivity contribution in [3.05, 3.63) is 64.0 Å². The Bertz CT molecular complexity index is 881. The number of benzene rings is 2. The first-order valence-corrected chi connectivity index (χ1v) is 9.22. The average molecular weight is 364 g/mol. The summed E-state index contributed by atoms with van der Waals surface area (Å²) in [7, 11) is -3.90. The number of halogens is 1. The Hall–Kier alpha value is -2.25. The summed E-state index contributed by atoms with van der Waals surface area (Å²) >= 11 is 0. The summed E-state index contributed by atoms with van der Waals surface area (Å²) < 4.78 is 38.1. The fraction of sp³-hybridized carbons (Fsp3) is 0.278. The smallest absolute Gasteiger partial charge is 0.257 e. The number of hydrogen-bond donors (Lipinski definition) is 2. The highest BCUT2D eigenvalue weighted by Gasteiger charge is 2.22. The zero-order valence-corrected chi connectivity index (χ0v) is 15.4. The third-order valence-corrected chi connectivity index (χ3v) is 5.69. The van der Waals surface area contributed by atoms with Crippen molar-refractivity contribution in [1.29, 1.82) is 0 Å². The predicted molar refractivity (Wildman–Crippen MR) is 94.0 cm³/mol. The fourth-order valence-electron chi connectivity index (χ4n) is 2.59. The van der Waals surface area contributed by atoms with E-state index in [0.29, 0.717) is 16.7 Å². The van der Waals surface area contributed by atoms with Gasteiger partial charge in [-0.1, -0.05) is 18.2 Å². The fourth-order valence-corrected chi connectivity index (χ4v) is 4.07. The number of carbonyl (C=O) groups is 1. The average Bonchev–Trinajstić information content (AvgIpc) is 2.53. The van der Waals surface area contributed by atoms with Crippen molar-refractivity contribution in [3.8, 4) is 0 Å². The Morgan fingerprint density at radius 2 is 1.52 bits per heavy atom. The van der Waals surface area contributed by atoms with Crippen LogP contribution in [0, 0.1) is 33.5 Å². The molecule has 2 aromatic rings. The molecule has 0 radical (unpaired) electrons. The molecule has 0 spiro atoms. The van der Waals surface area contributed by atoms with E-state index < -0.39 is 21.7 Å². The maximum absolute atomic E-state index is 12.9. The Morgan fingerprint density at radius 3 is 2.04 bits per heavy atom. The normalized spacial score (nSPS) is 11.4. The van der Waals surface area contributed by atoms with Gasteiger partial charge in [0.1, 0.15) is 5.82 Å². The van der Waals surface area contributed by atoms with Gasteiger partial charge >= 0.3 is 0 Å². The number of carbonyl (C=O) groups excluding carboxylic acids is 1. The van der Waals surface area contributed by atoms with Crippen LogP contribution in [0.1, 0.15) is 27.8 Å². The topological polar surface area (TPSA) is 75.3 Å². The molecule has 0 aliphatic rings. The van der Waals surface area contributed by atoms with Crippen LogP contribution in [0.3, 0.4) is 0 Å². The highest BCUT2D eigenvalue weighted by atomic mass is 32.2. The molecule has 0 heterocycles. The quantitative estimate of drug-likeness (QED) is 0.801. The molecule has 0 fully saturated rings. The molecule has 0 aliphatic carbocycles. The second-order valence-electron chi connectivity index (χ2n) is 6.05. The second-order valence-corrected chi connectivity index (χ2v) is 7.67. The number of hydrazine groups is 1. The van der Waals surface area contributed by atoms with Crippen molar-refractivity contribution < 1.29 is 17.6 Å². The molecular weight excluding hydrogens is 343 g/mol.